The zero-order valence-electron chi connectivity index (χ0n) is 10.5. The SMILES string of the molecule is C=C1CCCC2(C)CCC(C(C)C)C=C12. The van der Waals surface area contributed by atoms with Crippen LogP contribution < -0.4 is 0 Å². The van der Waals surface area contributed by atoms with Crippen LogP contribution >= 0.6 is 0 Å². The summed E-state index contributed by atoms with van der Waals surface area (Å²) in [5.74, 6) is 1.58. The largest absolute Gasteiger partial charge is 0.0955 e. The second-order valence-electron chi connectivity index (χ2n) is 6.04. The molecule has 1 fully saturated rings. The average Bonchev–Trinajstić information content (AvgIpc) is 2.17. The standard InChI is InChI=1S/C15H24/c1-11(2)13-7-9-15(4)8-5-6-12(3)14(15)10-13/h10-11,13H,3,5-9H2,1-2,4H3. The minimum Gasteiger partial charge on any atom is -0.0955 e. The van der Waals surface area contributed by atoms with Crippen molar-refractivity contribution in [1.82, 2.24) is 0 Å². The first-order valence-corrected chi connectivity index (χ1v) is 6.43. The van der Waals surface area contributed by atoms with Crippen LogP contribution in [0.15, 0.2) is 23.8 Å². The highest BCUT2D eigenvalue weighted by Gasteiger charge is 2.37. The van der Waals surface area contributed by atoms with Gasteiger partial charge in [0.25, 0.3) is 0 Å². The van der Waals surface area contributed by atoms with Gasteiger partial charge in [0.15, 0.2) is 0 Å². The molecule has 0 spiro atoms. The Labute approximate surface area is 94.5 Å². The molecule has 0 aliphatic heterocycles. The van der Waals surface area contributed by atoms with Crippen molar-refractivity contribution in [2.24, 2.45) is 17.3 Å². The molecule has 0 saturated heterocycles. The third kappa shape index (κ3) is 1.91. The molecule has 0 heterocycles. The van der Waals surface area contributed by atoms with Gasteiger partial charge < -0.3 is 0 Å². The molecule has 84 valence electrons. The fourth-order valence-corrected chi connectivity index (χ4v) is 3.28. The predicted octanol–water partition coefficient (Wildman–Crippen LogP) is 4.73. The van der Waals surface area contributed by atoms with E-state index in [1.54, 1.807) is 5.57 Å². The van der Waals surface area contributed by atoms with E-state index in [0.717, 1.165) is 11.8 Å². The van der Waals surface area contributed by atoms with Crippen LogP contribution in [0.1, 0.15) is 52.9 Å². The highest BCUT2D eigenvalue weighted by Crippen LogP contribution is 2.50. The van der Waals surface area contributed by atoms with E-state index in [4.69, 9.17) is 0 Å². The molecule has 0 bridgehead atoms. The minimum atomic E-state index is 0.473. The van der Waals surface area contributed by atoms with E-state index in [1.165, 1.54) is 37.7 Å². The van der Waals surface area contributed by atoms with Crippen molar-refractivity contribution in [3.05, 3.63) is 23.8 Å². The van der Waals surface area contributed by atoms with Gasteiger partial charge in [0, 0.05) is 0 Å². The topological polar surface area (TPSA) is 0 Å². The molecule has 0 aromatic rings. The molecule has 15 heavy (non-hydrogen) atoms. The molecule has 1 saturated carbocycles. The lowest BCUT2D eigenvalue weighted by atomic mass is 9.62. The molecule has 2 aliphatic rings. The summed E-state index contributed by atoms with van der Waals surface area (Å²) >= 11 is 0. The summed E-state index contributed by atoms with van der Waals surface area (Å²) in [7, 11) is 0. The maximum atomic E-state index is 4.27. The van der Waals surface area contributed by atoms with Crippen molar-refractivity contribution in [1.29, 1.82) is 0 Å². The average molecular weight is 204 g/mol. The summed E-state index contributed by atoms with van der Waals surface area (Å²) in [5.41, 5.74) is 3.51. The minimum absolute atomic E-state index is 0.473. The monoisotopic (exact) mass is 204 g/mol. The Morgan fingerprint density at radius 1 is 1.40 bits per heavy atom. The van der Waals surface area contributed by atoms with Gasteiger partial charge in [0.1, 0.15) is 0 Å². The fraction of sp³-hybridized carbons (Fsp3) is 0.733. The smallest absolute Gasteiger partial charge is 0.00755 e. The Balaban J connectivity index is 2.30. The van der Waals surface area contributed by atoms with Crippen molar-refractivity contribution in [2.75, 3.05) is 0 Å². The van der Waals surface area contributed by atoms with E-state index in [2.05, 4.69) is 33.4 Å². The van der Waals surface area contributed by atoms with Crippen LogP contribution in [0.3, 0.4) is 0 Å². The number of allylic oxidation sites excluding steroid dienone is 3. The van der Waals surface area contributed by atoms with Crippen LogP contribution in [0.25, 0.3) is 0 Å². The van der Waals surface area contributed by atoms with Crippen LogP contribution in [0.2, 0.25) is 0 Å². The van der Waals surface area contributed by atoms with Gasteiger partial charge in [-0.25, -0.2) is 0 Å². The lowest BCUT2D eigenvalue weighted by Gasteiger charge is -2.43. The fourth-order valence-electron chi connectivity index (χ4n) is 3.28. The van der Waals surface area contributed by atoms with Crippen molar-refractivity contribution in [2.45, 2.75) is 52.9 Å². The molecule has 0 amide bonds. The number of rotatable bonds is 1. The summed E-state index contributed by atoms with van der Waals surface area (Å²) < 4.78 is 0. The van der Waals surface area contributed by atoms with Crippen LogP contribution in [0.5, 0.6) is 0 Å². The summed E-state index contributed by atoms with van der Waals surface area (Å²) in [6.07, 6.45) is 9.26. The normalized spacial score (nSPS) is 36.4. The molecular formula is C15H24. The maximum absolute atomic E-state index is 4.27. The van der Waals surface area contributed by atoms with Crippen molar-refractivity contribution >= 4 is 0 Å². The van der Waals surface area contributed by atoms with Crippen LogP contribution in [0.4, 0.5) is 0 Å². The Hall–Kier alpha value is -0.520. The van der Waals surface area contributed by atoms with E-state index in [0.29, 0.717) is 5.41 Å². The van der Waals surface area contributed by atoms with Crippen molar-refractivity contribution < 1.29 is 0 Å². The highest BCUT2D eigenvalue weighted by molar-refractivity contribution is 5.38. The van der Waals surface area contributed by atoms with Gasteiger partial charge >= 0.3 is 0 Å². The van der Waals surface area contributed by atoms with Gasteiger partial charge in [-0.15, -0.1) is 0 Å². The molecule has 0 nitrogen and oxygen atoms in total. The Morgan fingerprint density at radius 3 is 2.80 bits per heavy atom. The Morgan fingerprint density at radius 2 is 2.13 bits per heavy atom. The quantitative estimate of drug-likeness (QED) is 0.579. The van der Waals surface area contributed by atoms with E-state index in [9.17, 15) is 0 Å². The molecule has 2 rings (SSSR count). The lowest BCUT2D eigenvalue weighted by Crippen LogP contribution is -2.30. The van der Waals surface area contributed by atoms with Crippen LogP contribution in [-0.2, 0) is 0 Å². The van der Waals surface area contributed by atoms with E-state index < -0.39 is 0 Å². The maximum Gasteiger partial charge on any atom is -0.00755 e. The van der Waals surface area contributed by atoms with Gasteiger partial charge in [0.2, 0.25) is 0 Å². The summed E-state index contributed by atoms with van der Waals surface area (Å²) in [6.45, 7) is 11.4. The van der Waals surface area contributed by atoms with Gasteiger partial charge in [-0.05, 0) is 54.9 Å². The van der Waals surface area contributed by atoms with Crippen molar-refractivity contribution in [3.63, 3.8) is 0 Å². The lowest BCUT2D eigenvalue weighted by molar-refractivity contribution is 0.244. The third-order valence-corrected chi connectivity index (χ3v) is 4.50. The molecular weight excluding hydrogens is 180 g/mol. The highest BCUT2D eigenvalue weighted by atomic mass is 14.4. The van der Waals surface area contributed by atoms with Crippen LogP contribution in [-0.4, -0.2) is 0 Å². The third-order valence-electron chi connectivity index (χ3n) is 4.50. The van der Waals surface area contributed by atoms with E-state index in [1.807, 2.05) is 0 Å². The molecule has 2 atom stereocenters. The molecule has 0 radical (unpaired) electrons. The first-order chi connectivity index (χ1) is 7.03. The van der Waals surface area contributed by atoms with Crippen LogP contribution in [0, 0.1) is 17.3 Å². The van der Waals surface area contributed by atoms with E-state index >= 15 is 0 Å². The zero-order valence-corrected chi connectivity index (χ0v) is 10.5. The zero-order chi connectivity index (χ0) is 11.1. The Kier molecular flexibility index (Phi) is 2.79. The first-order valence-electron chi connectivity index (χ1n) is 6.43. The second kappa shape index (κ2) is 3.81. The Bertz CT molecular complexity index is 295. The van der Waals surface area contributed by atoms with Gasteiger partial charge in [-0.1, -0.05) is 39.0 Å². The molecule has 2 unspecified atom stereocenters. The molecule has 0 aromatic carbocycles. The van der Waals surface area contributed by atoms with E-state index in [-0.39, 0.29) is 0 Å². The summed E-state index contributed by atoms with van der Waals surface area (Å²) in [6, 6.07) is 0. The predicted molar refractivity (Wildman–Crippen MR) is 66.7 cm³/mol. The molecule has 0 heteroatoms. The second-order valence-corrected chi connectivity index (χ2v) is 6.04. The summed E-state index contributed by atoms with van der Waals surface area (Å²) in [5, 5.41) is 0. The number of hydrogen-bond donors (Lipinski definition) is 0. The number of hydrogen-bond acceptors (Lipinski definition) is 0. The first kappa shape index (κ1) is 11.0. The molecule has 2 aliphatic carbocycles. The van der Waals surface area contributed by atoms with Gasteiger partial charge in [-0.3, -0.25) is 0 Å². The summed E-state index contributed by atoms with van der Waals surface area (Å²) in [4.78, 5) is 0. The van der Waals surface area contributed by atoms with Gasteiger partial charge in [0.05, 0.1) is 0 Å². The molecule has 0 N–H and O–H groups in total. The van der Waals surface area contributed by atoms with Gasteiger partial charge in [-0.2, -0.15) is 0 Å². The number of fused-ring (bicyclic) bond motifs is 1. The van der Waals surface area contributed by atoms with Crippen molar-refractivity contribution in [3.8, 4) is 0 Å². The molecule has 0 aromatic heterocycles.